The lowest BCUT2D eigenvalue weighted by atomic mass is 10.1. The van der Waals surface area contributed by atoms with Crippen molar-refractivity contribution in [2.24, 2.45) is 4.99 Å². The number of Topliss-reactive ketones (excluding diaryl/α,β-unsaturated/α-hetero) is 1. The van der Waals surface area contributed by atoms with Crippen molar-refractivity contribution in [3.63, 3.8) is 0 Å². The van der Waals surface area contributed by atoms with Crippen LogP contribution in [0, 0.1) is 3.57 Å². The summed E-state index contributed by atoms with van der Waals surface area (Å²) >= 11 is 2.20. The maximum absolute atomic E-state index is 11.0. The van der Waals surface area contributed by atoms with Gasteiger partial charge in [-0.25, -0.2) is 0 Å². The second-order valence-electron chi connectivity index (χ2n) is 2.28. The Morgan fingerprint density at radius 3 is 3.00 bits per heavy atom. The Morgan fingerprint density at radius 1 is 1.36 bits per heavy atom. The molecule has 1 aliphatic rings. The van der Waals surface area contributed by atoms with Crippen LogP contribution in [0.1, 0.15) is 10.4 Å². The SMILES string of the molecule is O=C1C=Nc2cc(I)ccc21. The molecule has 0 radical (unpaired) electrons. The molecule has 11 heavy (non-hydrogen) atoms. The standard InChI is InChI=1S/C8H4INO/c9-5-1-2-6-7(3-5)10-4-8(6)11/h1-4H. The van der Waals surface area contributed by atoms with Crippen LogP contribution < -0.4 is 0 Å². The summed E-state index contributed by atoms with van der Waals surface area (Å²) in [6.45, 7) is 0. The van der Waals surface area contributed by atoms with E-state index in [4.69, 9.17) is 0 Å². The lowest BCUT2D eigenvalue weighted by Gasteiger charge is -1.94. The molecule has 0 saturated heterocycles. The third-order valence-electron chi connectivity index (χ3n) is 1.55. The van der Waals surface area contributed by atoms with Crippen LogP contribution in [0.3, 0.4) is 0 Å². The van der Waals surface area contributed by atoms with Crippen molar-refractivity contribution >= 4 is 40.3 Å². The third kappa shape index (κ3) is 1.09. The van der Waals surface area contributed by atoms with Crippen molar-refractivity contribution in [1.29, 1.82) is 0 Å². The minimum absolute atomic E-state index is 0.0106. The molecule has 1 aliphatic heterocycles. The zero-order valence-electron chi connectivity index (χ0n) is 5.54. The van der Waals surface area contributed by atoms with Gasteiger partial charge in [0, 0.05) is 9.13 Å². The van der Waals surface area contributed by atoms with E-state index in [2.05, 4.69) is 27.6 Å². The predicted molar refractivity (Wildman–Crippen MR) is 51.6 cm³/mol. The summed E-state index contributed by atoms with van der Waals surface area (Å²) < 4.78 is 1.10. The van der Waals surface area contributed by atoms with Crippen LogP contribution in [0.15, 0.2) is 23.2 Å². The molecule has 3 heteroatoms. The second-order valence-corrected chi connectivity index (χ2v) is 3.53. The first-order valence-electron chi connectivity index (χ1n) is 3.15. The van der Waals surface area contributed by atoms with Crippen LogP contribution in [-0.4, -0.2) is 12.0 Å². The Bertz CT molecular complexity index is 357. The first-order valence-corrected chi connectivity index (χ1v) is 4.23. The number of fused-ring (bicyclic) bond motifs is 1. The summed E-state index contributed by atoms with van der Waals surface area (Å²) in [4.78, 5) is 15.0. The van der Waals surface area contributed by atoms with Gasteiger partial charge in [0.15, 0.2) is 0 Å². The fourth-order valence-electron chi connectivity index (χ4n) is 1.02. The lowest BCUT2D eigenvalue weighted by molar-refractivity contribution is 0.107. The molecule has 0 spiro atoms. The van der Waals surface area contributed by atoms with Gasteiger partial charge in [0.05, 0.1) is 11.9 Å². The van der Waals surface area contributed by atoms with Gasteiger partial charge in [0.1, 0.15) is 0 Å². The zero-order chi connectivity index (χ0) is 7.84. The molecule has 54 valence electrons. The van der Waals surface area contributed by atoms with Crippen molar-refractivity contribution in [2.45, 2.75) is 0 Å². The molecule has 0 bridgehead atoms. The van der Waals surface area contributed by atoms with Crippen LogP contribution in [-0.2, 0) is 0 Å². The van der Waals surface area contributed by atoms with Gasteiger partial charge in [-0.05, 0) is 40.8 Å². The van der Waals surface area contributed by atoms with Crippen LogP contribution >= 0.6 is 22.6 Å². The second kappa shape index (κ2) is 2.41. The summed E-state index contributed by atoms with van der Waals surface area (Å²) in [7, 11) is 0. The number of carbonyl (C=O) groups is 1. The minimum atomic E-state index is 0.0106. The molecule has 1 heterocycles. The Balaban J connectivity index is 2.66. The number of nitrogens with zero attached hydrogens (tertiary/aromatic N) is 1. The number of hydrogen-bond acceptors (Lipinski definition) is 2. The Morgan fingerprint density at radius 2 is 2.18 bits per heavy atom. The number of rotatable bonds is 0. The van der Waals surface area contributed by atoms with E-state index in [1.807, 2.05) is 18.2 Å². The Hall–Kier alpha value is -0.710. The fraction of sp³-hybridized carbons (Fsp3) is 0. The van der Waals surface area contributed by atoms with Gasteiger partial charge >= 0.3 is 0 Å². The Kier molecular flexibility index (Phi) is 1.52. The van der Waals surface area contributed by atoms with Crippen molar-refractivity contribution in [2.75, 3.05) is 0 Å². The van der Waals surface area contributed by atoms with E-state index in [1.165, 1.54) is 6.21 Å². The molecular weight excluding hydrogens is 253 g/mol. The number of benzene rings is 1. The van der Waals surface area contributed by atoms with E-state index in [0.29, 0.717) is 5.56 Å². The van der Waals surface area contributed by atoms with Crippen LogP contribution in [0.4, 0.5) is 5.69 Å². The quantitative estimate of drug-likeness (QED) is 0.655. The highest BCUT2D eigenvalue weighted by Crippen LogP contribution is 2.25. The van der Waals surface area contributed by atoms with Crippen molar-refractivity contribution < 1.29 is 4.79 Å². The van der Waals surface area contributed by atoms with Gasteiger partial charge in [-0.15, -0.1) is 0 Å². The van der Waals surface area contributed by atoms with Gasteiger partial charge in [-0.2, -0.15) is 0 Å². The van der Waals surface area contributed by atoms with Gasteiger partial charge in [0.2, 0.25) is 5.78 Å². The molecule has 0 amide bonds. The highest BCUT2D eigenvalue weighted by atomic mass is 127. The predicted octanol–water partition coefficient (Wildman–Crippen LogP) is 2.19. The molecule has 0 unspecified atom stereocenters. The number of aliphatic imine (C=N–C) groups is 1. The Labute approximate surface area is 77.5 Å². The third-order valence-corrected chi connectivity index (χ3v) is 2.22. The summed E-state index contributed by atoms with van der Waals surface area (Å²) in [5, 5.41) is 0. The molecule has 0 N–H and O–H groups in total. The maximum Gasteiger partial charge on any atom is 0.206 e. The largest absolute Gasteiger partial charge is 0.287 e. The van der Waals surface area contributed by atoms with E-state index < -0.39 is 0 Å². The first kappa shape index (κ1) is 6.97. The zero-order valence-corrected chi connectivity index (χ0v) is 7.70. The molecule has 0 atom stereocenters. The molecule has 0 aliphatic carbocycles. The summed E-state index contributed by atoms with van der Waals surface area (Å²) in [5.74, 6) is 0.0106. The number of hydrogen-bond donors (Lipinski definition) is 0. The highest BCUT2D eigenvalue weighted by Gasteiger charge is 2.14. The molecule has 2 rings (SSSR count). The van der Waals surface area contributed by atoms with Crippen LogP contribution in [0.5, 0.6) is 0 Å². The lowest BCUT2D eigenvalue weighted by Crippen LogP contribution is -1.92. The van der Waals surface area contributed by atoms with Crippen molar-refractivity contribution in [1.82, 2.24) is 0 Å². The van der Waals surface area contributed by atoms with Gasteiger partial charge in [-0.1, -0.05) is 0 Å². The molecule has 1 aromatic carbocycles. The van der Waals surface area contributed by atoms with E-state index in [0.717, 1.165) is 9.26 Å². The van der Waals surface area contributed by atoms with Crippen molar-refractivity contribution in [3.8, 4) is 0 Å². The molecule has 2 nitrogen and oxygen atoms in total. The molecule has 0 aromatic heterocycles. The topological polar surface area (TPSA) is 29.4 Å². The summed E-state index contributed by atoms with van der Waals surface area (Å²) in [5.41, 5.74) is 1.51. The van der Waals surface area contributed by atoms with E-state index in [-0.39, 0.29) is 5.78 Å². The maximum atomic E-state index is 11.0. The smallest absolute Gasteiger partial charge is 0.206 e. The van der Waals surface area contributed by atoms with E-state index in [9.17, 15) is 4.79 Å². The molecule has 0 fully saturated rings. The fourth-order valence-corrected chi connectivity index (χ4v) is 1.49. The van der Waals surface area contributed by atoms with E-state index >= 15 is 0 Å². The minimum Gasteiger partial charge on any atom is -0.287 e. The average molecular weight is 257 g/mol. The number of ketones is 1. The molecule has 1 aromatic rings. The molecule has 0 saturated carbocycles. The van der Waals surface area contributed by atoms with Crippen molar-refractivity contribution in [3.05, 3.63) is 27.3 Å². The average Bonchev–Trinajstić information content (AvgIpc) is 2.32. The normalized spacial score (nSPS) is 13.7. The monoisotopic (exact) mass is 257 g/mol. The van der Waals surface area contributed by atoms with E-state index in [1.54, 1.807) is 0 Å². The summed E-state index contributed by atoms with van der Waals surface area (Å²) in [6.07, 6.45) is 1.36. The van der Waals surface area contributed by atoms with Crippen LogP contribution in [0.2, 0.25) is 0 Å². The summed E-state index contributed by atoms with van der Waals surface area (Å²) in [6, 6.07) is 5.62. The van der Waals surface area contributed by atoms with Gasteiger partial charge in [0.25, 0.3) is 0 Å². The highest BCUT2D eigenvalue weighted by molar-refractivity contribution is 14.1. The number of halogens is 1. The first-order chi connectivity index (χ1) is 5.27. The van der Waals surface area contributed by atoms with Crippen LogP contribution in [0.25, 0.3) is 0 Å². The molecular formula is C8H4INO. The van der Waals surface area contributed by atoms with Gasteiger partial charge < -0.3 is 0 Å². The van der Waals surface area contributed by atoms with Gasteiger partial charge in [-0.3, -0.25) is 9.79 Å². The number of carbonyl (C=O) groups excluding carboxylic acids is 1.